The summed E-state index contributed by atoms with van der Waals surface area (Å²) in [6.45, 7) is 9.79. The Kier molecular flexibility index (Phi) is 7.93. The van der Waals surface area contributed by atoms with E-state index < -0.39 is 11.9 Å². The third-order valence-corrected chi connectivity index (χ3v) is 6.74. The second-order valence-corrected chi connectivity index (χ2v) is 11.1. The second kappa shape index (κ2) is 11.6. The van der Waals surface area contributed by atoms with Crippen molar-refractivity contribution in [1.82, 2.24) is 19.7 Å². The van der Waals surface area contributed by atoms with Gasteiger partial charge in [-0.2, -0.15) is 5.16 Å². The summed E-state index contributed by atoms with van der Waals surface area (Å²) in [7, 11) is 0. The summed E-state index contributed by atoms with van der Waals surface area (Å²) in [5.74, 6) is 0.972. The predicted octanol–water partition coefficient (Wildman–Crippen LogP) is 6.33. The lowest BCUT2D eigenvalue weighted by Gasteiger charge is -2.21. The van der Waals surface area contributed by atoms with Gasteiger partial charge in [-0.15, -0.1) is 0 Å². The fourth-order valence-electron chi connectivity index (χ4n) is 4.93. The van der Waals surface area contributed by atoms with Gasteiger partial charge in [0.2, 0.25) is 0 Å². The van der Waals surface area contributed by atoms with E-state index in [0.29, 0.717) is 51.5 Å². The van der Waals surface area contributed by atoms with Gasteiger partial charge in [-0.3, -0.25) is 9.36 Å². The molecule has 5 rings (SSSR count). The molecule has 0 fully saturated rings. The Morgan fingerprint density at radius 2 is 1.67 bits per heavy atom. The van der Waals surface area contributed by atoms with Crippen LogP contribution in [0.1, 0.15) is 51.2 Å². The van der Waals surface area contributed by atoms with Crippen LogP contribution in [0.2, 0.25) is 0 Å². The molecule has 42 heavy (non-hydrogen) atoms. The number of halogens is 1. The molecule has 0 saturated heterocycles. The number of hydrogen-bond donors (Lipinski definition) is 0. The Morgan fingerprint density at radius 3 is 2.29 bits per heavy atom. The van der Waals surface area contributed by atoms with Crippen LogP contribution in [-0.4, -0.2) is 25.3 Å². The first-order chi connectivity index (χ1) is 20.0. The molecule has 0 spiro atoms. The lowest BCUT2D eigenvalue weighted by atomic mass is 9.98. The van der Waals surface area contributed by atoms with Gasteiger partial charge in [-0.1, -0.05) is 55.5 Å². The maximum absolute atomic E-state index is 15.6. The third-order valence-electron chi connectivity index (χ3n) is 6.74. The highest BCUT2D eigenvalue weighted by atomic mass is 19.1. The summed E-state index contributed by atoms with van der Waals surface area (Å²) in [6, 6.07) is 19.3. The maximum Gasteiger partial charge on any atom is 0.261 e. The largest absolute Gasteiger partial charge is 0.528 e. The standard InChI is InChI=1S/C33H33FN4O4/c1-6-9-28-35-20(2)29(21-14-16-24(17-15-21)41-33(3,4)5)31(39)38(28)19-23-13-12-22(18-27(23)34)25-10-7-8-11-26(25)30-36-32(40)42-37-30/h7-8,10-18H,6,9,19H2,1-5H3,(H,36,37,40)/p-1. The summed E-state index contributed by atoms with van der Waals surface area (Å²) in [4.78, 5) is 22.5. The number of rotatable bonds is 8. The van der Waals surface area contributed by atoms with Crippen molar-refractivity contribution in [3.8, 4) is 45.5 Å². The summed E-state index contributed by atoms with van der Waals surface area (Å²) in [6.07, 6.45) is 0.562. The molecular formula is C33H32FN4O4-. The SMILES string of the molecule is CCCc1nc(C)c(-c2ccc(OC(C)(C)C)cc2)c(=O)n1Cc1ccc(-c2ccccc2-c2noc([O-])n2)cc1F. The Bertz CT molecular complexity index is 1790. The molecule has 0 bridgehead atoms. The highest BCUT2D eigenvalue weighted by Crippen LogP contribution is 2.32. The Balaban J connectivity index is 1.51. The lowest BCUT2D eigenvalue weighted by Crippen LogP contribution is -2.28. The van der Waals surface area contributed by atoms with Crippen LogP contribution in [0.3, 0.4) is 0 Å². The number of ether oxygens (including phenoxy) is 1. The van der Waals surface area contributed by atoms with Gasteiger partial charge in [0.25, 0.3) is 5.56 Å². The van der Waals surface area contributed by atoms with E-state index >= 15 is 4.39 Å². The van der Waals surface area contributed by atoms with E-state index in [2.05, 4.69) is 14.7 Å². The first kappa shape index (κ1) is 28.7. The molecule has 0 radical (unpaired) electrons. The van der Waals surface area contributed by atoms with E-state index in [-0.39, 0.29) is 23.5 Å². The van der Waals surface area contributed by atoms with Crippen LogP contribution >= 0.6 is 0 Å². The minimum atomic E-state index is -0.796. The van der Waals surface area contributed by atoms with Crippen molar-refractivity contribution in [1.29, 1.82) is 0 Å². The smallest absolute Gasteiger partial charge is 0.261 e. The Hall–Kier alpha value is -4.79. The molecule has 5 aromatic rings. The topological polar surface area (TPSA) is 106 Å². The minimum Gasteiger partial charge on any atom is -0.528 e. The van der Waals surface area contributed by atoms with Gasteiger partial charge in [0.15, 0.2) is 11.9 Å². The molecule has 9 heteroatoms. The molecule has 8 nitrogen and oxygen atoms in total. The zero-order valence-electron chi connectivity index (χ0n) is 24.3. The average Bonchev–Trinajstić information content (AvgIpc) is 3.38. The number of benzene rings is 3. The molecule has 0 unspecified atom stereocenters. The quantitative estimate of drug-likeness (QED) is 0.216. The summed E-state index contributed by atoms with van der Waals surface area (Å²) in [5, 5.41) is 15.2. The van der Waals surface area contributed by atoms with Crippen molar-refractivity contribution in [2.45, 2.75) is 59.6 Å². The molecule has 0 saturated carbocycles. The van der Waals surface area contributed by atoms with Gasteiger partial charge in [0.05, 0.1) is 17.8 Å². The number of hydrogen-bond acceptors (Lipinski definition) is 7. The van der Waals surface area contributed by atoms with E-state index in [4.69, 9.17) is 9.72 Å². The van der Waals surface area contributed by atoms with Crippen LogP contribution in [-0.2, 0) is 13.0 Å². The first-order valence-electron chi connectivity index (χ1n) is 13.8. The van der Waals surface area contributed by atoms with Crippen LogP contribution in [0.15, 0.2) is 76.0 Å². The molecule has 2 heterocycles. The lowest BCUT2D eigenvalue weighted by molar-refractivity contribution is -0.303. The van der Waals surface area contributed by atoms with Crippen LogP contribution in [0.5, 0.6) is 11.8 Å². The van der Waals surface area contributed by atoms with E-state index in [1.54, 1.807) is 41.0 Å². The van der Waals surface area contributed by atoms with Crippen molar-refractivity contribution in [2.24, 2.45) is 0 Å². The minimum absolute atomic E-state index is 0.0256. The number of nitrogens with zero attached hydrogens (tertiary/aromatic N) is 4. The first-order valence-corrected chi connectivity index (χ1v) is 13.8. The van der Waals surface area contributed by atoms with Gasteiger partial charge in [-0.05, 0) is 69.0 Å². The van der Waals surface area contributed by atoms with E-state index in [1.165, 1.54) is 6.07 Å². The molecule has 0 aliphatic heterocycles. The van der Waals surface area contributed by atoms with Crippen molar-refractivity contribution in [3.63, 3.8) is 0 Å². The molecular weight excluding hydrogens is 535 g/mol. The van der Waals surface area contributed by atoms with Gasteiger partial charge >= 0.3 is 0 Å². The zero-order valence-corrected chi connectivity index (χ0v) is 24.3. The van der Waals surface area contributed by atoms with E-state index in [9.17, 15) is 9.90 Å². The normalized spacial score (nSPS) is 11.6. The summed E-state index contributed by atoms with van der Waals surface area (Å²) < 4.78 is 27.7. The third kappa shape index (κ3) is 6.10. The molecule has 3 aromatic carbocycles. The molecule has 0 amide bonds. The van der Waals surface area contributed by atoms with Crippen LogP contribution in [0.25, 0.3) is 33.6 Å². The van der Waals surface area contributed by atoms with Gasteiger partial charge in [0.1, 0.15) is 23.0 Å². The molecule has 0 aliphatic carbocycles. The van der Waals surface area contributed by atoms with Crippen molar-refractivity contribution in [3.05, 3.63) is 100.0 Å². The molecule has 216 valence electrons. The van der Waals surface area contributed by atoms with Crippen LogP contribution < -0.4 is 15.4 Å². The molecule has 0 N–H and O–H groups in total. The highest BCUT2D eigenvalue weighted by molar-refractivity contribution is 5.80. The maximum atomic E-state index is 15.6. The van der Waals surface area contributed by atoms with Gasteiger partial charge in [-0.25, -0.2) is 14.4 Å². The number of aryl methyl sites for hydroxylation is 2. The Labute approximate surface area is 243 Å². The summed E-state index contributed by atoms with van der Waals surface area (Å²) >= 11 is 0. The van der Waals surface area contributed by atoms with Crippen molar-refractivity contribution < 1.29 is 18.8 Å². The summed E-state index contributed by atoms with van der Waals surface area (Å²) in [5.41, 5.74) is 3.36. The number of aromatic nitrogens is 4. The molecule has 2 aromatic heterocycles. The monoisotopic (exact) mass is 567 g/mol. The zero-order chi connectivity index (χ0) is 30.0. The van der Waals surface area contributed by atoms with Gasteiger partial charge in [0, 0.05) is 17.5 Å². The Morgan fingerprint density at radius 1 is 0.976 bits per heavy atom. The fraction of sp³-hybridized carbons (Fsp3) is 0.273. The van der Waals surface area contributed by atoms with Crippen molar-refractivity contribution >= 4 is 0 Å². The van der Waals surface area contributed by atoms with E-state index in [0.717, 1.165) is 12.0 Å². The van der Waals surface area contributed by atoms with Crippen LogP contribution in [0, 0.1) is 12.7 Å². The molecule has 0 aliphatic rings. The second-order valence-electron chi connectivity index (χ2n) is 11.1. The average molecular weight is 568 g/mol. The molecule has 0 atom stereocenters. The highest BCUT2D eigenvalue weighted by Gasteiger charge is 2.19. The van der Waals surface area contributed by atoms with Crippen molar-refractivity contribution in [2.75, 3.05) is 0 Å². The fourth-order valence-corrected chi connectivity index (χ4v) is 4.93. The van der Waals surface area contributed by atoms with Crippen LogP contribution in [0.4, 0.5) is 4.39 Å². The van der Waals surface area contributed by atoms with Gasteiger partial charge < -0.3 is 14.4 Å². The predicted molar refractivity (Wildman–Crippen MR) is 157 cm³/mol. The van der Waals surface area contributed by atoms with E-state index in [1.807, 2.05) is 58.9 Å².